The molecule has 4 saturated carbocycles. The summed E-state index contributed by atoms with van der Waals surface area (Å²) in [5.74, 6) is 5.88. The van der Waals surface area contributed by atoms with E-state index in [0.717, 1.165) is 47.9 Å². The van der Waals surface area contributed by atoms with Crippen molar-refractivity contribution >= 4 is 0 Å². The first-order valence-electron chi connectivity index (χ1n) is 9.45. The van der Waals surface area contributed by atoms with Crippen LogP contribution in [0.15, 0.2) is 30.7 Å². The lowest BCUT2D eigenvalue weighted by Crippen LogP contribution is -2.54. The molecule has 1 N–H and O–H groups in total. The molecule has 4 fully saturated rings. The van der Waals surface area contributed by atoms with Crippen molar-refractivity contribution in [2.45, 2.75) is 51.6 Å². The molecule has 0 saturated heterocycles. The predicted molar refractivity (Wildman–Crippen MR) is 93.8 cm³/mol. The molecule has 0 radical (unpaired) electrons. The average molecular weight is 322 g/mol. The van der Waals surface area contributed by atoms with Gasteiger partial charge in [-0.05, 0) is 74.3 Å². The summed E-state index contributed by atoms with van der Waals surface area (Å²) < 4.78 is 2.02. The fourth-order valence-corrected chi connectivity index (χ4v) is 5.78. The maximum atomic E-state index is 4.62. The minimum atomic E-state index is 0.744. The molecule has 6 rings (SSSR count). The average Bonchev–Trinajstić information content (AvgIpc) is 3.00. The van der Waals surface area contributed by atoms with E-state index < -0.39 is 0 Å². The first-order chi connectivity index (χ1) is 11.8. The van der Waals surface area contributed by atoms with E-state index in [-0.39, 0.29) is 0 Å². The molecule has 2 aromatic rings. The number of aromatic nitrogens is 3. The summed E-state index contributed by atoms with van der Waals surface area (Å²) in [5.41, 5.74) is 1.28. The number of imidazole rings is 1. The van der Waals surface area contributed by atoms with Crippen molar-refractivity contribution in [2.75, 3.05) is 0 Å². The molecule has 0 aromatic carbocycles. The summed E-state index contributed by atoms with van der Waals surface area (Å²) >= 11 is 0. The SMILES string of the molecule is Cc1nccn1-c1ccc(CNC2C3CC4CC(C3)CC2C4)cn1. The van der Waals surface area contributed by atoms with Crippen molar-refractivity contribution in [3.63, 3.8) is 0 Å². The molecule has 4 bridgehead atoms. The second-order valence-electron chi connectivity index (χ2n) is 8.21. The molecule has 126 valence electrons. The minimum Gasteiger partial charge on any atom is -0.309 e. The van der Waals surface area contributed by atoms with E-state index in [9.17, 15) is 0 Å². The molecule has 0 aliphatic heterocycles. The van der Waals surface area contributed by atoms with Gasteiger partial charge in [0.25, 0.3) is 0 Å². The molecule has 4 nitrogen and oxygen atoms in total. The number of pyridine rings is 1. The molecule has 4 aliphatic carbocycles. The van der Waals surface area contributed by atoms with Gasteiger partial charge < -0.3 is 5.32 Å². The van der Waals surface area contributed by atoms with E-state index in [4.69, 9.17) is 0 Å². The maximum absolute atomic E-state index is 4.62. The van der Waals surface area contributed by atoms with Gasteiger partial charge in [-0.1, -0.05) is 6.07 Å². The van der Waals surface area contributed by atoms with E-state index in [2.05, 4.69) is 27.4 Å². The quantitative estimate of drug-likeness (QED) is 0.937. The normalized spacial score (nSPS) is 34.0. The van der Waals surface area contributed by atoms with Crippen molar-refractivity contribution in [1.82, 2.24) is 19.9 Å². The van der Waals surface area contributed by atoms with Crippen molar-refractivity contribution in [1.29, 1.82) is 0 Å². The molecule has 0 unspecified atom stereocenters. The topological polar surface area (TPSA) is 42.7 Å². The highest BCUT2D eigenvalue weighted by Crippen LogP contribution is 2.53. The second kappa shape index (κ2) is 5.69. The Morgan fingerprint density at radius 1 is 1.04 bits per heavy atom. The molecule has 0 atom stereocenters. The third-order valence-electron chi connectivity index (χ3n) is 6.65. The van der Waals surface area contributed by atoms with Gasteiger partial charge in [-0.3, -0.25) is 4.57 Å². The van der Waals surface area contributed by atoms with E-state index >= 15 is 0 Å². The van der Waals surface area contributed by atoms with E-state index in [1.165, 1.54) is 37.7 Å². The Balaban J connectivity index is 1.25. The third kappa shape index (κ3) is 2.48. The molecular weight excluding hydrogens is 296 g/mol. The van der Waals surface area contributed by atoms with Gasteiger partial charge in [0, 0.05) is 31.2 Å². The van der Waals surface area contributed by atoms with Crippen LogP contribution in [0.4, 0.5) is 0 Å². The number of aryl methyl sites for hydroxylation is 1. The third-order valence-corrected chi connectivity index (χ3v) is 6.65. The monoisotopic (exact) mass is 322 g/mol. The van der Waals surface area contributed by atoms with Crippen LogP contribution in [0.3, 0.4) is 0 Å². The highest BCUT2D eigenvalue weighted by atomic mass is 15.1. The number of nitrogens with one attached hydrogen (secondary N) is 1. The summed E-state index contributed by atoms with van der Waals surface area (Å²) in [6.07, 6.45) is 13.2. The maximum Gasteiger partial charge on any atom is 0.137 e. The van der Waals surface area contributed by atoms with Gasteiger partial charge >= 0.3 is 0 Å². The largest absolute Gasteiger partial charge is 0.309 e. The zero-order valence-corrected chi connectivity index (χ0v) is 14.4. The van der Waals surface area contributed by atoms with Gasteiger partial charge in [0.15, 0.2) is 0 Å². The van der Waals surface area contributed by atoms with Crippen LogP contribution in [-0.4, -0.2) is 20.6 Å². The standard InChI is InChI=1S/C20H26N4/c1-13-21-4-5-24(13)19-3-2-14(11-22-19)12-23-20-17-7-15-6-16(9-17)10-18(20)8-15/h2-5,11,15-18,20,23H,6-10,12H2,1H3. The molecule has 0 spiro atoms. The highest BCUT2D eigenvalue weighted by Gasteiger charge is 2.47. The Kier molecular flexibility index (Phi) is 3.47. The van der Waals surface area contributed by atoms with Crippen LogP contribution in [0, 0.1) is 30.6 Å². The predicted octanol–water partition coefficient (Wildman–Crippen LogP) is 3.49. The molecule has 4 aliphatic rings. The second-order valence-corrected chi connectivity index (χ2v) is 8.21. The summed E-state index contributed by atoms with van der Waals surface area (Å²) in [6.45, 7) is 2.95. The van der Waals surface area contributed by atoms with Crippen LogP contribution in [0.5, 0.6) is 0 Å². The van der Waals surface area contributed by atoms with Crippen LogP contribution in [-0.2, 0) is 6.54 Å². The van der Waals surface area contributed by atoms with E-state index in [1.807, 2.05) is 30.1 Å². The number of nitrogens with zero attached hydrogens (tertiary/aromatic N) is 3. The van der Waals surface area contributed by atoms with Crippen LogP contribution < -0.4 is 5.32 Å². The zero-order chi connectivity index (χ0) is 16.1. The van der Waals surface area contributed by atoms with E-state index in [1.54, 1.807) is 0 Å². The van der Waals surface area contributed by atoms with Crippen molar-refractivity contribution in [3.05, 3.63) is 42.1 Å². The Morgan fingerprint density at radius 3 is 2.38 bits per heavy atom. The lowest BCUT2D eigenvalue weighted by Gasteiger charge is -2.54. The van der Waals surface area contributed by atoms with Gasteiger partial charge in [-0.25, -0.2) is 9.97 Å². The van der Waals surface area contributed by atoms with Gasteiger partial charge in [-0.15, -0.1) is 0 Å². The fraction of sp³-hybridized carbons (Fsp3) is 0.600. The lowest BCUT2D eigenvalue weighted by molar-refractivity contribution is -0.0142. The Hall–Kier alpha value is -1.68. The van der Waals surface area contributed by atoms with Crippen molar-refractivity contribution in [3.8, 4) is 5.82 Å². The van der Waals surface area contributed by atoms with E-state index in [0.29, 0.717) is 0 Å². The van der Waals surface area contributed by atoms with Gasteiger partial charge in [-0.2, -0.15) is 0 Å². The van der Waals surface area contributed by atoms with Crippen LogP contribution in [0.25, 0.3) is 5.82 Å². The molecular formula is C20H26N4. The zero-order valence-electron chi connectivity index (χ0n) is 14.4. The molecule has 4 heteroatoms. The smallest absolute Gasteiger partial charge is 0.137 e. The first-order valence-corrected chi connectivity index (χ1v) is 9.45. The molecule has 2 aromatic heterocycles. The van der Waals surface area contributed by atoms with Gasteiger partial charge in [0.1, 0.15) is 11.6 Å². The summed E-state index contributed by atoms with van der Waals surface area (Å²) in [6, 6.07) is 5.04. The molecule has 0 amide bonds. The number of hydrogen-bond acceptors (Lipinski definition) is 3. The fourth-order valence-electron chi connectivity index (χ4n) is 5.78. The Morgan fingerprint density at radius 2 is 1.79 bits per heavy atom. The van der Waals surface area contributed by atoms with Gasteiger partial charge in [0.05, 0.1) is 0 Å². The minimum absolute atomic E-state index is 0.744. The highest BCUT2D eigenvalue weighted by molar-refractivity contribution is 5.27. The van der Waals surface area contributed by atoms with Crippen LogP contribution in [0.2, 0.25) is 0 Å². The Labute approximate surface area is 143 Å². The summed E-state index contributed by atoms with van der Waals surface area (Å²) in [5, 5.41) is 3.89. The first kappa shape index (κ1) is 14.6. The lowest BCUT2D eigenvalue weighted by atomic mass is 9.54. The molecule has 24 heavy (non-hydrogen) atoms. The summed E-state index contributed by atoms with van der Waals surface area (Å²) in [4.78, 5) is 8.89. The van der Waals surface area contributed by atoms with Crippen LogP contribution in [0.1, 0.15) is 43.5 Å². The summed E-state index contributed by atoms with van der Waals surface area (Å²) in [7, 11) is 0. The van der Waals surface area contributed by atoms with Crippen molar-refractivity contribution in [2.24, 2.45) is 23.7 Å². The van der Waals surface area contributed by atoms with Gasteiger partial charge in [0.2, 0.25) is 0 Å². The Bertz CT molecular complexity index is 689. The van der Waals surface area contributed by atoms with Crippen LogP contribution >= 0.6 is 0 Å². The number of hydrogen-bond donors (Lipinski definition) is 1. The van der Waals surface area contributed by atoms with Crippen molar-refractivity contribution < 1.29 is 0 Å². The molecule has 2 heterocycles. The number of rotatable bonds is 4.